The average molecular weight is 467 g/mol. The molecule has 0 saturated carbocycles. The van der Waals surface area contributed by atoms with Crippen LogP contribution >= 0.6 is 0 Å². The van der Waals surface area contributed by atoms with Crippen molar-refractivity contribution in [1.29, 1.82) is 0 Å². The Labute approximate surface area is 205 Å². The van der Waals surface area contributed by atoms with E-state index in [-0.39, 0.29) is 12.6 Å². The summed E-state index contributed by atoms with van der Waals surface area (Å²) in [4.78, 5) is 0. The molecule has 2 saturated heterocycles. The summed E-state index contributed by atoms with van der Waals surface area (Å²) < 4.78 is 23.3. The van der Waals surface area contributed by atoms with Gasteiger partial charge in [0.1, 0.15) is 5.75 Å². The van der Waals surface area contributed by atoms with Gasteiger partial charge in [-0.2, -0.15) is 0 Å². The molecule has 2 aliphatic heterocycles. The monoisotopic (exact) mass is 466 g/mol. The first kappa shape index (κ1) is 25.2. The molecule has 186 valence electrons. The minimum atomic E-state index is -0.0910. The van der Waals surface area contributed by atoms with Gasteiger partial charge >= 0.3 is 0 Å². The Kier molecular flexibility index (Phi) is 10.3. The molecule has 2 heterocycles. The minimum Gasteiger partial charge on any atom is -0.465 e. The summed E-state index contributed by atoms with van der Waals surface area (Å²) in [5.41, 5.74) is 3.89. The molecular weight excluding hydrogens is 424 g/mol. The molecule has 0 spiro atoms. The molecule has 3 atom stereocenters. The Bertz CT molecular complexity index is 805. The van der Waals surface area contributed by atoms with Gasteiger partial charge < -0.3 is 18.9 Å². The molecule has 2 aromatic carbocycles. The van der Waals surface area contributed by atoms with E-state index in [1.165, 1.54) is 61.6 Å². The third-order valence-electron chi connectivity index (χ3n) is 6.90. The van der Waals surface area contributed by atoms with E-state index < -0.39 is 0 Å². The third-order valence-corrected chi connectivity index (χ3v) is 6.90. The number of aryl methyl sites for hydroxylation is 1. The second kappa shape index (κ2) is 13.9. The number of hydrogen-bond acceptors (Lipinski definition) is 4. The summed E-state index contributed by atoms with van der Waals surface area (Å²) in [6.07, 6.45) is 14.3. The maximum Gasteiger partial charge on any atom is 0.199 e. The van der Waals surface area contributed by atoms with Gasteiger partial charge in [-0.3, -0.25) is 0 Å². The zero-order valence-electron chi connectivity index (χ0n) is 20.9. The van der Waals surface area contributed by atoms with E-state index in [0.29, 0.717) is 6.10 Å². The largest absolute Gasteiger partial charge is 0.465 e. The summed E-state index contributed by atoms with van der Waals surface area (Å²) in [6, 6.07) is 17.4. The summed E-state index contributed by atoms with van der Waals surface area (Å²) in [5, 5.41) is 0. The molecule has 2 fully saturated rings. The Morgan fingerprint density at radius 2 is 1.35 bits per heavy atom. The second-order valence-electron chi connectivity index (χ2n) is 9.83. The lowest BCUT2D eigenvalue weighted by Gasteiger charge is -2.26. The van der Waals surface area contributed by atoms with Gasteiger partial charge in [0.2, 0.25) is 0 Å². The van der Waals surface area contributed by atoms with Crippen molar-refractivity contribution in [3.05, 3.63) is 54.1 Å². The fraction of sp³-hybridized carbons (Fsp3) is 0.600. The van der Waals surface area contributed by atoms with Crippen molar-refractivity contribution in [2.45, 2.75) is 103 Å². The minimum absolute atomic E-state index is 0.0362. The molecule has 4 rings (SSSR count). The van der Waals surface area contributed by atoms with E-state index in [9.17, 15) is 0 Å². The van der Waals surface area contributed by atoms with Crippen LogP contribution < -0.4 is 4.74 Å². The van der Waals surface area contributed by atoms with E-state index in [1.54, 1.807) is 0 Å². The predicted molar refractivity (Wildman–Crippen MR) is 137 cm³/mol. The van der Waals surface area contributed by atoms with Crippen molar-refractivity contribution >= 4 is 0 Å². The molecule has 0 aliphatic carbocycles. The normalized spacial score (nSPS) is 21.8. The Hall–Kier alpha value is -1.88. The van der Waals surface area contributed by atoms with Gasteiger partial charge in [0.25, 0.3) is 0 Å². The van der Waals surface area contributed by atoms with E-state index in [4.69, 9.17) is 18.9 Å². The van der Waals surface area contributed by atoms with Crippen molar-refractivity contribution in [2.75, 3.05) is 13.2 Å². The zero-order chi connectivity index (χ0) is 23.4. The summed E-state index contributed by atoms with van der Waals surface area (Å²) >= 11 is 0. The van der Waals surface area contributed by atoms with E-state index in [2.05, 4.69) is 55.5 Å². The number of hydrogen-bond donors (Lipinski definition) is 0. The van der Waals surface area contributed by atoms with Gasteiger partial charge in [-0.15, -0.1) is 0 Å². The molecule has 34 heavy (non-hydrogen) atoms. The van der Waals surface area contributed by atoms with Gasteiger partial charge in [-0.05, 0) is 87.1 Å². The molecule has 2 aliphatic rings. The quantitative estimate of drug-likeness (QED) is 0.301. The fourth-order valence-corrected chi connectivity index (χ4v) is 4.81. The lowest BCUT2D eigenvalue weighted by Crippen LogP contribution is -2.26. The van der Waals surface area contributed by atoms with Crippen molar-refractivity contribution in [2.24, 2.45) is 0 Å². The average Bonchev–Trinajstić information content (AvgIpc) is 2.88. The van der Waals surface area contributed by atoms with E-state index >= 15 is 0 Å². The maximum atomic E-state index is 6.02. The summed E-state index contributed by atoms with van der Waals surface area (Å²) in [7, 11) is 0. The first-order chi connectivity index (χ1) is 16.8. The fourth-order valence-electron chi connectivity index (χ4n) is 4.81. The van der Waals surface area contributed by atoms with Crippen LogP contribution in [0.3, 0.4) is 0 Å². The lowest BCUT2D eigenvalue weighted by atomic mass is 10.0. The van der Waals surface area contributed by atoms with Crippen LogP contribution in [-0.4, -0.2) is 31.9 Å². The van der Waals surface area contributed by atoms with Crippen LogP contribution in [0, 0.1) is 0 Å². The van der Waals surface area contributed by atoms with Crippen LogP contribution in [0.25, 0.3) is 11.1 Å². The van der Waals surface area contributed by atoms with Crippen molar-refractivity contribution < 1.29 is 18.9 Å². The zero-order valence-corrected chi connectivity index (χ0v) is 20.9. The van der Waals surface area contributed by atoms with Gasteiger partial charge in [0.05, 0.1) is 12.7 Å². The van der Waals surface area contributed by atoms with Crippen molar-refractivity contribution in [3.8, 4) is 16.9 Å². The maximum absolute atomic E-state index is 6.02. The molecule has 0 bridgehead atoms. The molecule has 4 heteroatoms. The van der Waals surface area contributed by atoms with Gasteiger partial charge in [0.15, 0.2) is 12.6 Å². The smallest absolute Gasteiger partial charge is 0.199 e. The molecule has 4 nitrogen and oxygen atoms in total. The Morgan fingerprint density at radius 3 is 2.00 bits per heavy atom. The van der Waals surface area contributed by atoms with Crippen LogP contribution in [0.2, 0.25) is 0 Å². The molecular formula is C30H42O4. The van der Waals surface area contributed by atoms with E-state index in [0.717, 1.165) is 51.1 Å². The molecule has 2 aromatic rings. The molecule has 0 aromatic heterocycles. The Morgan fingerprint density at radius 1 is 0.735 bits per heavy atom. The highest BCUT2D eigenvalue weighted by molar-refractivity contribution is 5.64. The van der Waals surface area contributed by atoms with Gasteiger partial charge in [0, 0.05) is 13.0 Å². The van der Waals surface area contributed by atoms with Crippen LogP contribution in [0.5, 0.6) is 5.75 Å². The molecule has 3 unspecified atom stereocenters. The molecule has 0 radical (unpaired) electrons. The SMILES string of the molecule is CC(CCCCCCc1ccc(-c2ccc(OC3CCCCO3)cc2)cc1)OC1CCCCO1. The topological polar surface area (TPSA) is 36.9 Å². The van der Waals surface area contributed by atoms with Crippen LogP contribution in [0.1, 0.15) is 83.1 Å². The number of unbranched alkanes of at least 4 members (excludes halogenated alkanes) is 3. The van der Waals surface area contributed by atoms with Crippen molar-refractivity contribution in [1.82, 2.24) is 0 Å². The lowest BCUT2D eigenvalue weighted by molar-refractivity contribution is -0.185. The molecule has 0 N–H and O–H groups in total. The summed E-state index contributed by atoms with van der Waals surface area (Å²) in [5.74, 6) is 0.885. The van der Waals surface area contributed by atoms with Crippen molar-refractivity contribution in [3.63, 3.8) is 0 Å². The van der Waals surface area contributed by atoms with Crippen LogP contribution in [0.4, 0.5) is 0 Å². The van der Waals surface area contributed by atoms with Gasteiger partial charge in [-0.1, -0.05) is 55.7 Å². The highest BCUT2D eigenvalue weighted by Crippen LogP contribution is 2.25. The number of rotatable bonds is 12. The number of ether oxygens (including phenoxy) is 4. The highest BCUT2D eigenvalue weighted by atomic mass is 16.7. The Balaban J connectivity index is 1.11. The summed E-state index contributed by atoms with van der Waals surface area (Å²) in [6.45, 7) is 3.85. The first-order valence-electron chi connectivity index (χ1n) is 13.5. The van der Waals surface area contributed by atoms with Crippen LogP contribution in [0.15, 0.2) is 48.5 Å². The van der Waals surface area contributed by atoms with E-state index in [1.807, 2.05) is 0 Å². The number of benzene rings is 2. The van der Waals surface area contributed by atoms with Crippen LogP contribution in [-0.2, 0) is 20.6 Å². The second-order valence-corrected chi connectivity index (χ2v) is 9.83. The van der Waals surface area contributed by atoms with Gasteiger partial charge in [-0.25, -0.2) is 0 Å². The highest BCUT2D eigenvalue weighted by Gasteiger charge is 2.17. The predicted octanol–water partition coefficient (Wildman–Crippen LogP) is 7.68. The molecule has 0 amide bonds. The third kappa shape index (κ3) is 8.41. The standard InChI is InChI=1S/C30H42O4/c1-24(33-29-12-6-8-22-31-29)10-4-2-3-5-11-25-14-16-26(17-15-25)27-18-20-28(21-19-27)34-30-13-7-9-23-32-30/h14-21,24,29-30H,2-13,22-23H2,1H3. The first-order valence-corrected chi connectivity index (χ1v) is 13.5.